The van der Waals surface area contributed by atoms with Crippen molar-refractivity contribution in [2.45, 2.75) is 17.3 Å². The van der Waals surface area contributed by atoms with Crippen molar-refractivity contribution in [1.82, 2.24) is 14.8 Å². The molecule has 0 spiro atoms. The van der Waals surface area contributed by atoms with Gasteiger partial charge in [-0.15, -0.1) is 10.2 Å². The van der Waals surface area contributed by atoms with Crippen molar-refractivity contribution in [3.63, 3.8) is 0 Å². The van der Waals surface area contributed by atoms with E-state index in [4.69, 9.17) is 4.74 Å². The molecular weight excluding hydrogens is 374 g/mol. The number of nitrogens with zero attached hydrogens (tertiary/aromatic N) is 3. The Morgan fingerprint density at radius 3 is 2.63 bits per heavy atom. The second-order valence-electron chi connectivity index (χ2n) is 5.53. The van der Waals surface area contributed by atoms with Gasteiger partial charge in [0.2, 0.25) is 5.91 Å². The lowest BCUT2D eigenvalue weighted by Gasteiger charge is -2.13. The SMILES string of the molecule is COc1cccc(-n2cnnc2SC(C)C(=O)Nc2c(F)cccc2F)c1. The van der Waals surface area contributed by atoms with Crippen LogP contribution < -0.4 is 10.1 Å². The van der Waals surface area contributed by atoms with Crippen LogP contribution in [0, 0.1) is 11.6 Å². The number of methoxy groups -OCH3 is 1. The molecule has 0 aliphatic rings. The van der Waals surface area contributed by atoms with Crippen LogP contribution in [0.3, 0.4) is 0 Å². The molecule has 3 rings (SSSR count). The maximum absolute atomic E-state index is 13.7. The number of para-hydroxylation sites is 1. The van der Waals surface area contributed by atoms with Crippen molar-refractivity contribution in [3.8, 4) is 11.4 Å². The van der Waals surface area contributed by atoms with Gasteiger partial charge in [0.25, 0.3) is 0 Å². The number of hydrogen-bond acceptors (Lipinski definition) is 5. The van der Waals surface area contributed by atoms with E-state index in [9.17, 15) is 13.6 Å². The number of hydrogen-bond donors (Lipinski definition) is 1. The highest BCUT2D eigenvalue weighted by Crippen LogP contribution is 2.27. The van der Waals surface area contributed by atoms with Crippen LogP contribution in [0.4, 0.5) is 14.5 Å². The summed E-state index contributed by atoms with van der Waals surface area (Å²) in [5, 5.41) is 9.97. The maximum atomic E-state index is 13.7. The predicted molar refractivity (Wildman–Crippen MR) is 98.2 cm³/mol. The zero-order chi connectivity index (χ0) is 19.4. The first-order valence-corrected chi connectivity index (χ1v) is 8.83. The van der Waals surface area contributed by atoms with Gasteiger partial charge in [0.15, 0.2) is 5.16 Å². The largest absolute Gasteiger partial charge is 0.497 e. The minimum absolute atomic E-state index is 0.458. The third-order valence-electron chi connectivity index (χ3n) is 3.71. The number of benzene rings is 2. The van der Waals surface area contributed by atoms with Crippen molar-refractivity contribution in [3.05, 3.63) is 60.4 Å². The van der Waals surface area contributed by atoms with Gasteiger partial charge < -0.3 is 10.1 Å². The third-order valence-corrected chi connectivity index (χ3v) is 4.77. The highest BCUT2D eigenvalue weighted by molar-refractivity contribution is 8.00. The molecule has 0 aliphatic heterocycles. The van der Waals surface area contributed by atoms with Crippen molar-refractivity contribution in [2.75, 3.05) is 12.4 Å². The minimum atomic E-state index is -0.833. The summed E-state index contributed by atoms with van der Waals surface area (Å²) in [6.45, 7) is 1.61. The second-order valence-corrected chi connectivity index (χ2v) is 6.84. The second kappa shape index (κ2) is 8.17. The quantitative estimate of drug-likeness (QED) is 0.651. The molecular formula is C18H16F2N4O2S. The van der Waals surface area contributed by atoms with Crippen LogP contribution >= 0.6 is 11.8 Å². The number of nitrogens with one attached hydrogen (secondary N) is 1. The lowest BCUT2D eigenvalue weighted by atomic mass is 10.3. The summed E-state index contributed by atoms with van der Waals surface area (Å²) in [7, 11) is 1.56. The number of halogens is 2. The van der Waals surface area contributed by atoms with Gasteiger partial charge in [0.1, 0.15) is 29.4 Å². The lowest BCUT2D eigenvalue weighted by Crippen LogP contribution is -2.24. The Morgan fingerprint density at radius 2 is 1.93 bits per heavy atom. The minimum Gasteiger partial charge on any atom is -0.497 e. The van der Waals surface area contributed by atoms with E-state index < -0.39 is 28.5 Å². The third kappa shape index (κ3) is 4.25. The molecule has 1 aromatic heterocycles. The molecule has 140 valence electrons. The molecule has 1 atom stereocenters. The highest BCUT2D eigenvalue weighted by Gasteiger charge is 2.21. The molecule has 1 heterocycles. The standard InChI is InChI=1S/C18H16F2N4O2S/c1-11(17(25)22-16-14(19)7-4-8-15(16)20)27-18-23-21-10-24(18)12-5-3-6-13(9-12)26-2/h3-11H,1-2H3,(H,22,25). The number of carbonyl (C=O) groups excluding carboxylic acids is 1. The topological polar surface area (TPSA) is 69.0 Å². The summed E-state index contributed by atoms with van der Waals surface area (Å²) >= 11 is 1.12. The summed E-state index contributed by atoms with van der Waals surface area (Å²) in [5.41, 5.74) is 0.291. The van der Waals surface area contributed by atoms with Gasteiger partial charge in [-0.05, 0) is 31.2 Å². The monoisotopic (exact) mass is 390 g/mol. The molecule has 0 saturated carbocycles. The average Bonchev–Trinajstić information content (AvgIpc) is 3.12. The van der Waals surface area contributed by atoms with Crippen LogP contribution in [0.5, 0.6) is 5.75 Å². The van der Waals surface area contributed by atoms with E-state index in [-0.39, 0.29) is 0 Å². The van der Waals surface area contributed by atoms with E-state index in [1.54, 1.807) is 30.7 Å². The molecule has 1 unspecified atom stereocenters. The van der Waals surface area contributed by atoms with E-state index in [0.29, 0.717) is 10.9 Å². The van der Waals surface area contributed by atoms with Crippen LogP contribution in [-0.4, -0.2) is 33.0 Å². The van der Waals surface area contributed by atoms with E-state index in [2.05, 4.69) is 15.5 Å². The van der Waals surface area contributed by atoms with Crippen molar-refractivity contribution in [2.24, 2.45) is 0 Å². The average molecular weight is 390 g/mol. The lowest BCUT2D eigenvalue weighted by molar-refractivity contribution is -0.115. The summed E-state index contributed by atoms with van der Waals surface area (Å²) < 4.78 is 34.3. The number of aromatic nitrogens is 3. The zero-order valence-electron chi connectivity index (χ0n) is 14.5. The number of rotatable bonds is 6. The van der Waals surface area contributed by atoms with E-state index in [0.717, 1.165) is 29.6 Å². The number of amides is 1. The molecule has 9 heteroatoms. The molecule has 27 heavy (non-hydrogen) atoms. The first-order chi connectivity index (χ1) is 13.0. The maximum Gasteiger partial charge on any atom is 0.237 e. The Balaban J connectivity index is 1.76. The Morgan fingerprint density at radius 1 is 1.22 bits per heavy atom. The summed E-state index contributed by atoms with van der Waals surface area (Å²) in [4.78, 5) is 12.3. The summed E-state index contributed by atoms with van der Waals surface area (Å²) in [6, 6.07) is 10.7. The molecule has 2 aromatic carbocycles. The Kier molecular flexibility index (Phi) is 5.70. The fraction of sp³-hybridized carbons (Fsp3) is 0.167. The van der Waals surface area contributed by atoms with Gasteiger partial charge in [-0.25, -0.2) is 8.78 Å². The smallest absolute Gasteiger partial charge is 0.237 e. The van der Waals surface area contributed by atoms with Crippen LogP contribution in [0.15, 0.2) is 53.9 Å². The summed E-state index contributed by atoms with van der Waals surface area (Å²) in [6.07, 6.45) is 1.51. The first-order valence-electron chi connectivity index (χ1n) is 7.95. The molecule has 0 aliphatic carbocycles. The number of ether oxygens (including phenoxy) is 1. The molecule has 0 radical (unpaired) electrons. The predicted octanol–water partition coefficient (Wildman–Crippen LogP) is 3.67. The fourth-order valence-corrected chi connectivity index (χ4v) is 3.14. The Hall–Kier alpha value is -2.94. The van der Waals surface area contributed by atoms with Gasteiger partial charge in [-0.3, -0.25) is 9.36 Å². The van der Waals surface area contributed by atoms with Crippen LogP contribution in [0.2, 0.25) is 0 Å². The molecule has 1 N–H and O–H groups in total. The van der Waals surface area contributed by atoms with E-state index in [1.165, 1.54) is 12.4 Å². The molecule has 0 bridgehead atoms. The van der Waals surface area contributed by atoms with Gasteiger partial charge >= 0.3 is 0 Å². The molecule has 1 amide bonds. The van der Waals surface area contributed by atoms with E-state index >= 15 is 0 Å². The molecule has 3 aromatic rings. The zero-order valence-corrected chi connectivity index (χ0v) is 15.3. The molecule has 6 nitrogen and oxygen atoms in total. The Labute approximate surface area is 158 Å². The van der Waals surface area contributed by atoms with Crippen molar-refractivity contribution >= 4 is 23.4 Å². The Bertz CT molecular complexity index is 944. The molecule has 0 saturated heterocycles. The van der Waals surface area contributed by atoms with Gasteiger partial charge in [-0.1, -0.05) is 23.9 Å². The van der Waals surface area contributed by atoms with Gasteiger partial charge in [0.05, 0.1) is 18.0 Å². The normalized spacial score (nSPS) is 11.9. The van der Waals surface area contributed by atoms with Crippen LogP contribution in [0.1, 0.15) is 6.92 Å². The number of anilines is 1. The van der Waals surface area contributed by atoms with Crippen molar-refractivity contribution < 1.29 is 18.3 Å². The van der Waals surface area contributed by atoms with E-state index in [1.807, 2.05) is 12.1 Å². The van der Waals surface area contributed by atoms with Crippen LogP contribution in [-0.2, 0) is 4.79 Å². The number of thioether (sulfide) groups is 1. The fourth-order valence-electron chi connectivity index (χ4n) is 2.30. The number of carbonyl (C=O) groups is 1. The summed E-state index contributed by atoms with van der Waals surface area (Å²) in [5.74, 6) is -1.55. The molecule has 0 fully saturated rings. The van der Waals surface area contributed by atoms with Crippen molar-refractivity contribution in [1.29, 1.82) is 0 Å². The van der Waals surface area contributed by atoms with Gasteiger partial charge in [-0.2, -0.15) is 0 Å². The first kappa shape index (κ1) is 18.8. The van der Waals surface area contributed by atoms with Gasteiger partial charge in [0, 0.05) is 6.07 Å². The van der Waals surface area contributed by atoms with Crippen LogP contribution in [0.25, 0.3) is 5.69 Å². The highest BCUT2D eigenvalue weighted by atomic mass is 32.2.